The van der Waals surface area contributed by atoms with Gasteiger partial charge < -0.3 is 34.6 Å². The summed E-state index contributed by atoms with van der Waals surface area (Å²) in [5.41, 5.74) is -1.67. The van der Waals surface area contributed by atoms with Crippen LogP contribution in [0.5, 0.6) is 5.75 Å². The quantitative estimate of drug-likeness (QED) is 0.521. The molecule has 1 unspecified atom stereocenters. The number of aliphatic hydroxyl groups is 4. The molecule has 5 atom stereocenters. The lowest BCUT2D eigenvalue weighted by atomic mass is 9.83. The van der Waals surface area contributed by atoms with E-state index in [4.69, 9.17) is 28.6 Å². The number of aliphatic hydroxyl groups excluding tert-OH is 4. The van der Waals surface area contributed by atoms with Gasteiger partial charge >= 0.3 is 0 Å². The Morgan fingerprint density at radius 3 is 2.68 bits per heavy atom. The van der Waals surface area contributed by atoms with E-state index in [0.29, 0.717) is 0 Å². The molecule has 0 aliphatic carbocycles. The van der Waals surface area contributed by atoms with Crippen LogP contribution in [0.1, 0.15) is 26.4 Å². The number of ether oxygens (including phenoxy) is 3. The minimum Gasteiger partial charge on any atom is -0.491 e. The van der Waals surface area contributed by atoms with Gasteiger partial charge in [0.2, 0.25) is 5.79 Å². The molecule has 7 nitrogen and oxygen atoms in total. The summed E-state index contributed by atoms with van der Waals surface area (Å²) in [7, 11) is 0. The van der Waals surface area contributed by atoms with Crippen molar-refractivity contribution in [3.63, 3.8) is 0 Å². The van der Waals surface area contributed by atoms with Crippen molar-refractivity contribution in [2.24, 2.45) is 0 Å². The smallest absolute Gasteiger partial charge is 0.225 e. The Bertz CT molecular complexity index is 1060. The second-order valence-electron chi connectivity index (χ2n) is 7.56. The zero-order valence-corrected chi connectivity index (χ0v) is 17.3. The number of hydrogen-bond donors (Lipinski definition) is 4. The summed E-state index contributed by atoms with van der Waals surface area (Å²) in [5, 5.41) is 41.2. The maximum atomic E-state index is 14.4. The molecule has 0 saturated carbocycles. The van der Waals surface area contributed by atoms with Gasteiger partial charge in [0.1, 0.15) is 23.9 Å². The molecule has 4 N–H and O–H groups in total. The normalized spacial score (nSPS) is 33.7. The van der Waals surface area contributed by atoms with Gasteiger partial charge in [-0.15, -0.1) is 0 Å². The molecule has 0 aromatic heterocycles. The third kappa shape index (κ3) is 3.62. The van der Waals surface area contributed by atoms with E-state index in [9.17, 15) is 24.8 Å². The summed E-state index contributed by atoms with van der Waals surface area (Å²) in [6, 6.07) is 7.79. The van der Waals surface area contributed by atoms with Gasteiger partial charge in [-0.25, -0.2) is 4.39 Å². The Kier molecular flexibility index (Phi) is 5.31. The minimum atomic E-state index is -2.28. The van der Waals surface area contributed by atoms with E-state index in [0.717, 1.165) is 6.07 Å². The fraction of sp³-hybridized carbons (Fsp3) is 0.455. The molecule has 2 aromatic carbocycles. The third-order valence-electron chi connectivity index (χ3n) is 5.61. The number of hydrogen-bond acceptors (Lipinski definition) is 7. The number of rotatable bonds is 6. The van der Waals surface area contributed by atoms with Crippen molar-refractivity contribution in [3.8, 4) is 5.75 Å². The lowest BCUT2D eigenvalue weighted by Crippen LogP contribution is -2.65. The van der Waals surface area contributed by atoms with Gasteiger partial charge in [0.05, 0.1) is 19.8 Å². The molecule has 4 rings (SSSR count). The maximum absolute atomic E-state index is 14.4. The molecule has 168 valence electrons. The van der Waals surface area contributed by atoms with Crippen molar-refractivity contribution < 1.29 is 41.8 Å². The van der Waals surface area contributed by atoms with Crippen LogP contribution in [0.3, 0.4) is 0 Å². The van der Waals surface area contributed by atoms with E-state index < -0.39 is 48.5 Å². The van der Waals surface area contributed by atoms with Crippen molar-refractivity contribution in [2.45, 2.75) is 43.0 Å². The summed E-state index contributed by atoms with van der Waals surface area (Å²) in [5.74, 6) is -2.73. The first-order valence-electron chi connectivity index (χ1n) is 10.7. The molecule has 0 radical (unpaired) electrons. The molecule has 0 amide bonds. The van der Waals surface area contributed by atoms with Crippen molar-refractivity contribution >= 4 is 11.6 Å². The van der Waals surface area contributed by atoms with Crippen LogP contribution in [-0.2, 0) is 21.6 Å². The molecular weight excluding hydrogens is 431 g/mol. The van der Waals surface area contributed by atoms with E-state index in [2.05, 4.69) is 0 Å². The van der Waals surface area contributed by atoms with Crippen molar-refractivity contribution in [3.05, 3.63) is 63.9 Å². The van der Waals surface area contributed by atoms with E-state index in [1.807, 2.05) is 0 Å². The molecule has 2 heterocycles. The molecule has 2 saturated heterocycles. The summed E-state index contributed by atoms with van der Waals surface area (Å²) in [6.45, 7) is 0.934. The number of fused-ring (bicyclic) bond motifs is 2. The molecule has 2 aromatic rings. The van der Waals surface area contributed by atoms with Crippen LogP contribution in [0.4, 0.5) is 4.39 Å². The summed E-state index contributed by atoms with van der Waals surface area (Å²) in [4.78, 5) is 0. The molecule has 2 fully saturated rings. The summed E-state index contributed by atoms with van der Waals surface area (Å²) >= 11 is 6.30. The predicted molar refractivity (Wildman–Crippen MR) is 108 cm³/mol. The second kappa shape index (κ2) is 8.29. The van der Waals surface area contributed by atoms with Crippen LogP contribution >= 0.6 is 11.6 Å². The van der Waals surface area contributed by atoms with E-state index >= 15 is 0 Å². The van der Waals surface area contributed by atoms with Gasteiger partial charge in [-0.05, 0) is 48.7 Å². The number of halogens is 2. The van der Waals surface area contributed by atoms with Crippen LogP contribution in [0.25, 0.3) is 0 Å². The van der Waals surface area contributed by atoms with Gasteiger partial charge in [0.25, 0.3) is 0 Å². The van der Waals surface area contributed by atoms with Gasteiger partial charge in [-0.3, -0.25) is 0 Å². The average molecular weight is 457 g/mol. The average Bonchev–Trinajstić information content (AvgIpc) is 3.18. The first kappa shape index (κ1) is 19.9. The Labute approximate surface area is 186 Å². The van der Waals surface area contributed by atoms with Gasteiger partial charge in [-0.1, -0.05) is 23.7 Å². The third-order valence-corrected chi connectivity index (χ3v) is 5.94. The van der Waals surface area contributed by atoms with Crippen LogP contribution in [0.2, 0.25) is 5.02 Å². The highest BCUT2D eigenvalue weighted by Crippen LogP contribution is 2.49. The van der Waals surface area contributed by atoms with E-state index in [1.165, 1.54) is 30.3 Å². The molecule has 9 heteroatoms. The van der Waals surface area contributed by atoms with E-state index in [-0.39, 0.29) is 40.7 Å². The monoisotopic (exact) mass is 456 g/mol. The highest BCUT2D eigenvalue weighted by atomic mass is 35.5. The topological polar surface area (TPSA) is 109 Å². The molecule has 2 bridgehead atoms. The SMILES string of the molecule is [2H]C([2H])(c1ccc(OCC)c(F)c1)c1cc(C23OC[C@@](CO)(O2)[C@@H](O)[C@H](O)[C@H]3O)ccc1Cl. The van der Waals surface area contributed by atoms with Crippen molar-refractivity contribution in [1.29, 1.82) is 0 Å². The molecule has 2 aliphatic heterocycles. The number of benzene rings is 2. The zero-order valence-electron chi connectivity index (χ0n) is 18.6. The van der Waals surface area contributed by atoms with Gasteiger partial charge in [-0.2, -0.15) is 0 Å². The van der Waals surface area contributed by atoms with Crippen molar-refractivity contribution in [1.82, 2.24) is 0 Å². The summed E-state index contributed by atoms with van der Waals surface area (Å²) in [6.07, 6.45) is -7.35. The molecule has 2 aliphatic rings. The Morgan fingerprint density at radius 2 is 2.00 bits per heavy atom. The van der Waals surface area contributed by atoms with Crippen LogP contribution in [0, 0.1) is 5.82 Å². The standard InChI is InChI=1S/C22H24ClFO7/c1-2-29-17-6-3-12(8-16(17)24)7-13-9-14(4-5-15(13)23)22-20(28)18(26)19(27)21(10-25,31-22)11-30-22/h3-6,8-9,18-20,25-28H,2,7,10-11H2,1H3/t18-,19-,20+,21+,22?/m0/s1/i7D2. The van der Waals surface area contributed by atoms with E-state index in [1.54, 1.807) is 6.92 Å². The first-order valence-corrected chi connectivity index (χ1v) is 10.1. The Hall–Kier alpha value is -1.78. The minimum absolute atomic E-state index is 0.0123. The van der Waals surface area contributed by atoms with Crippen LogP contribution in [0.15, 0.2) is 36.4 Å². The zero-order chi connectivity index (χ0) is 24.2. The van der Waals surface area contributed by atoms with Gasteiger partial charge in [0, 0.05) is 13.3 Å². The molecule has 31 heavy (non-hydrogen) atoms. The maximum Gasteiger partial charge on any atom is 0.225 e. The predicted octanol–water partition coefficient (Wildman–Crippen LogP) is 1.50. The molecule has 0 spiro atoms. The Morgan fingerprint density at radius 1 is 1.23 bits per heavy atom. The fourth-order valence-corrected chi connectivity index (χ4v) is 4.08. The lowest BCUT2D eigenvalue weighted by molar-refractivity contribution is -0.329. The Balaban J connectivity index is 1.78. The largest absolute Gasteiger partial charge is 0.491 e. The van der Waals surface area contributed by atoms with Crippen molar-refractivity contribution in [2.75, 3.05) is 19.8 Å². The van der Waals surface area contributed by atoms with Gasteiger partial charge in [0.15, 0.2) is 11.6 Å². The lowest BCUT2D eigenvalue weighted by Gasteiger charge is -2.46. The van der Waals surface area contributed by atoms with Crippen LogP contribution < -0.4 is 4.74 Å². The fourth-order valence-electron chi connectivity index (χ4n) is 3.92. The highest BCUT2D eigenvalue weighted by Gasteiger charge is 2.67. The first-order chi connectivity index (χ1) is 15.5. The second-order valence-corrected chi connectivity index (χ2v) is 7.97. The summed E-state index contributed by atoms with van der Waals surface area (Å²) < 4.78 is 48.4. The highest BCUT2D eigenvalue weighted by molar-refractivity contribution is 6.31. The van der Waals surface area contributed by atoms with Crippen LogP contribution in [-0.4, -0.2) is 64.2 Å². The molecular formula is C22H24ClFO7.